The van der Waals surface area contributed by atoms with Gasteiger partial charge in [0, 0.05) is 44.5 Å². The molecule has 1 fully saturated rings. The highest BCUT2D eigenvalue weighted by atomic mass is 16.5. The van der Waals surface area contributed by atoms with Gasteiger partial charge in [0.15, 0.2) is 5.96 Å². The number of hydrogen-bond donors (Lipinski definition) is 2. The van der Waals surface area contributed by atoms with Gasteiger partial charge in [-0.2, -0.15) is 0 Å². The van der Waals surface area contributed by atoms with Crippen molar-refractivity contribution in [3.05, 3.63) is 24.3 Å². The summed E-state index contributed by atoms with van der Waals surface area (Å²) in [4.78, 5) is 4.49. The molecule has 5 heteroatoms. The molecule has 5 nitrogen and oxygen atoms in total. The van der Waals surface area contributed by atoms with E-state index in [1.807, 2.05) is 31.2 Å². The molecule has 1 aliphatic rings. The number of nitrogens with zero attached hydrogens (tertiary/aromatic N) is 1. The maximum atomic E-state index is 5.72. The first-order valence-corrected chi connectivity index (χ1v) is 8.02. The molecule has 1 saturated carbocycles. The van der Waals surface area contributed by atoms with Gasteiger partial charge in [0.2, 0.25) is 0 Å². The molecule has 1 aromatic rings. The molecule has 0 spiro atoms. The first-order valence-electron chi connectivity index (χ1n) is 8.02. The van der Waals surface area contributed by atoms with Gasteiger partial charge in [-0.1, -0.05) is 13.0 Å². The zero-order chi connectivity index (χ0) is 15.8. The lowest BCUT2D eigenvalue weighted by Crippen LogP contribution is -2.33. The summed E-state index contributed by atoms with van der Waals surface area (Å²) in [5, 5.41) is 6.80. The van der Waals surface area contributed by atoms with Crippen LogP contribution in [-0.2, 0) is 4.74 Å². The Morgan fingerprint density at radius 3 is 2.86 bits per heavy atom. The van der Waals surface area contributed by atoms with E-state index in [1.54, 1.807) is 7.11 Å². The number of rotatable bonds is 8. The van der Waals surface area contributed by atoms with Crippen molar-refractivity contribution in [2.75, 3.05) is 32.2 Å². The molecule has 0 heterocycles. The molecule has 0 aromatic heterocycles. The molecule has 2 rings (SSSR count). The molecule has 0 aliphatic heterocycles. The van der Waals surface area contributed by atoms with E-state index >= 15 is 0 Å². The Bertz CT molecular complexity index is 491. The Hall–Kier alpha value is -1.75. The number of guanidine groups is 1. The summed E-state index contributed by atoms with van der Waals surface area (Å²) in [6.07, 6.45) is 2.10. The van der Waals surface area contributed by atoms with Crippen LogP contribution in [0.4, 0.5) is 5.69 Å². The quantitative estimate of drug-likeness (QED) is 0.440. The van der Waals surface area contributed by atoms with Crippen molar-refractivity contribution in [2.45, 2.75) is 32.7 Å². The molecule has 2 unspecified atom stereocenters. The first kappa shape index (κ1) is 16.6. The van der Waals surface area contributed by atoms with Gasteiger partial charge in [0.25, 0.3) is 0 Å². The smallest absolute Gasteiger partial charge is 0.196 e. The van der Waals surface area contributed by atoms with Crippen molar-refractivity contribution < 1.29 is 9.47 Å². The zero-order valence-electron chi connectivity index (χ0n) is 13.8. The van der Waals surface area contributed by atoms with E-state index < -0.39 is 0 Å². The van der Waals surface area contributed by atoms with Crippen molar-refractivity contribution in [1.29, 1.82) is 0 Å². The fourth-order valence-electron chi connectivity index (χ4n) is 2.17. The maximum Gasteiger partial charge on any atom is 0.196 e. The number of anilines is 1. The number of hydrogen-bond acceptors (Lipinski definition) is 3. The second-order valence-electron chi connectivity index (χ2n) is 5.63. The van der Waals surface area contributed by atoms with Gasteiger partial charge in [0.1, 0.15) is 5.75 Å². The van der Waals surface area contributed by atoms with Gasteiger partial charge >= 0.3 is 0 Å². The molecule has 1 aromatic carbocycles. The minimum atomic E-state index is 0.547. The van der Waals surface area contributed by atoms with Crippen LogP contribution in [0.2, 0.25) is 0 Å². The van der Waals surface area contributed by atoms with Crippen LogP contribution in [0.15, 0.2) is 29.3 Å². The van der Waals surface area contributed by atoms with Crippen molar-refractivity contribution in [3.8, 4) is 5.75 Å². The van der Waals surface area contributed by atoms with Crippen LogP contribution in [-0.4, -0.2) is 38.9 Å². The summed E-state index contributed by atoms with van der Waals surface area (Å²) in [6, 6.07) is 8.51. The van der Waals surface area contributed by atoms with Crippen LogP contribution in [0.3, 0.4) is 0 Å². The van der Waals surface area contributed by atoms with Crippen LogP contribution in [0, 0.1) is 5.92 Å². The van der Waals surface area contributed by atoms with Crippen molar-refractivity contribution >= 4 is 11.6 Å². The van der Waals surface area contributed by atoms with Gasteiger partial charge in [-0.15, -0.1) is 0 Å². The first-order chi connectivity index (χ1) is 10.7. The summed E-state index contributed by atoms with van der Waals surface area (Å²) < 4.78 is 10.7. The molecule has 22 heavy (non-hydrogen) atoms. The molecule has 0 bridgehead atoms. The molecule has 0 saturated heterocycles. The van der Waals surface area contributed by atoms with Crippen LogP contribution in [0.25, 0.3) is 0 Å². The number of benzene rings is 1. The minimum absolute atomic E-state index is 0.547. The number of methoxy groups -OCH3 is 1. The highest BCUT2D eigenvalue weighted by Crippen LogP contribution is 2.29. The summed E-state index contributed by atoms with van der Waals surface area (Å²) in [5.74, 6) is 2.43. The van der Waals surface area contributed by atoms with Crippen LogP contribution in [0.5, 0.6) is 5.75 Å². The monoisotopic (exact) mass is 305 g/mol. The third-order valence-electron chi connectivity index (χ3n) is 3.61. The Kier molecular flexibility index (Phi) is 6.52. The molecule has 0 amide bonds. The predicted molar refractivity (Wildman–Crippen MR) is 90.7 cm³/mol. The van der Waals surface area contributed by atoms with Crippen molar-refractivity contribution in [2.24, 2.45) is 10.9 Å². The minimum Gasteiger partial charge on any atom is -0.493 e. The Morgan fingerprint density at radius 2 is 2.18 bits per heavy atom. The van der Waals surface area contributed by atoms with Gasteiger partial charge in [-0.05, 0) is 31.4 Å². The molecule has 122 valence electrons. The van der Waals surface area contributed by atoms with E-state index in [0.29, 0.717) is 12.6 Å². The lowest BCUT2D eigenvalue weighted by molar-refractivity contribution is 0.172. The Labute approximate surface area is 133 Å². The van der Waals surface area contributed by atoms with Crippen LogP contribution in [0.1, 0.15) is 26.7 Å². The van der Waals surface area contributed by atoms with E-state index in [2.05, 4.69) is 22.5 Å². The van der Waals surface area contributed by atoms with Gasteiger partial charge in [0.05, 0.1) is 6.61 Å². The molecule has 2 N–H and O–H groups in total. The SMILES string of the molecule is CCN=C(Nc1cccc(OCCCOC)c1)NC1CC1C. The molecular formula is C17H27N3O2. The average Bonchev–Trinajstić information content (AvgIpc) is 3.19. The Balaban J connectivity index is 1.88. The lowest BCUT2D eigenvalue weighted by Gasteiger charge is -2.13. The van der Waals surface area contributed by atoms with E-state index in [4.69, 9.17) is 9.47 Å². The van der Waals surface area contributed by atoms with E-state index in [9.17, 15) is 0 Å². The second kappa shape index (κ2) is 8.63. The standard InChI is InChI=1S/C17H27N3O2/c1-4-18-17(20-16-11-13(16)2)19-14-7-5-8-15(12-14)22-10-6-9-21-3/h5,7-8,12-13,16H,4,6,9-11H2,1-3H3,(H2,18,19,20). The molecule has 2 atom stereocenters. The number of ether oxygens (including phenoxy) is 2. The maximum absolute atomic E-state index is 5.72. The van der Waals surface area contributed by atoms with E-state index in [0.717, 1.165) is 42.9 Å². The van der Waals surface area contributed by atoms with Crippen molar-refractivity contribution in [1.82, 2.24) is 5.32 Å². The number of aliphatic imine (C=N–C) groups is 1. The summed E-state index contributed by atoms with van der Waals surface area (Å²) in [7, 11) is 1.70. The van der Waals surface area contributed by atoms with Gasteiger partial charge in [-0.25, -0.2) is 0 Å². The fraction of sp³-hybridized carbons (Fsp3) is 0.588. The second-order valence-corrected chi connectivity index (χ2v) is 5.63. The third-order valence-corrected chi connectivity index (χ3v) is 3.61. The lowest BCUT2D eigenvalue weighted by atomic mass is 10.3. The fourth-order valence-corrected chi connectivity index (χ4v) is 2.17. The molecular weight excluding hydrogens is 278 g/mol. The van der Waals surface area contributed by atoms with Crippen LogP contribution >= 0.6 is 0 Å². The van der Waals surface area contributed by atoms with Crippen LogP contribution < -0.4 is 15.4 Å². The Morgan fingerprint density at radius 1 is 1.36 bits per heavy atom. The van der Waals surface area contributed by atoms with Crippen molar-refractivity contribution in [3.63, 3.8) is 0 Å². The molecule has 1 aliphatic carbocycles. The average molecular weight is 305 g/mol. The highest BCUT2D eigenvalue weighted by Gasteiger charge is 2.33. The zero-order valence-corrected chi connectivity index (χ0v) is 13.8. The third kappa shape index (κ3) is 5.56. The van der Waals surface area contributed by atoms with Gasteiger partial charge in [-0.3, -0.25) is 4.99 Å². The number of nitrogens with one attached hydrogen (secondary N) is 2. The summed E-state index contributed by atoms with van der Waals surface area (Å²) in [6.45, 7) is 6.41. The highest BCUT2D eigenvalue weighted by molar-refractivity contribution is 5.94. The molecule has 0 radical (unpaired) electrons. The topological polar surface area (TPSA) is 54.9 Å². The van der Waals surface area contributed by atoms with Gasteiger partial charge < -0.3 is 20.1 Å². The summed E-state index contributed by atoms with van der Waals surface area (Å²) >= 11 is 0. The summed E-state index contributed by atoms with van der Waals surface area (Å²) in [5.41, 5.74) is 0.984. The van der Waals surface area contributed by atoms with E-state index in [-0.39, 0.29) is 0 Å². The normalized spacial score (nSPS) is 20.6. The predicted octanol–water partition coefficient (Wildman–Crippen LogP) is 2.89. The van der Waals surface area contributed by atoms with E-state index in [1.165, 1.54) is 6.42 Å². The largest absolute Gasteiger partial charge is 0.493 e.